The molecule has 1 atom stereocenters. The third-order valence-electron chi connectivity index (χ3n) is 5.15. The summed E-state index contributed by atoms with van der Waals surface area (Å²) in [6.07, 6.45) is 0.659. The SMILES string of the molecule is O=C(NC1=CCC(C(=O)O)O1)c1cc(OCc2ccccc2Cl)cc(OCc2ccccc2Cl)c1. The predicted octanol–water partition coefficient (Wildman–Crippen LogP) is 5.60. The highest BCUT2D eigenvalue weighted by Crippen LogP contribution is 2.27. The van der Waals surface area contributed by atoms with Gasteiger partial charge in [0.2, 0.25) is 6.10 Å². The minimum atomic E-state index is -1.10. The van der Waals surface area contributed by atoms with E-state index in [1.165, 1.54) is 6.08 Å². The van der Waals surface area contributed by atoms with Crippen molar-refractivity contribution in [2.24, 2.45) is 0 Å². The number of hydrogen-bond acceptors (Lipinski definition) is 5. The lowest BCUT2D eigenvalue weighted by molar-refractivity contribution is -0.146. The highest BCUT2D eigenvalue weighted by atomic mass is 35.5. The summed E-state index contributed by atoms with van der Waals surface area (Å²) in [4.78, 5) is 24.0. The van der Waals surface area contributed by atoms with Crippen molar-refractivity contribution < 1.29 is 28.9 Å². The maximum Gasteiger partial charge on any atom is 0.345 e. The van der Waals surface area contributed by atoms with Gasteiger partial charge in [-0.3, -0.25) is 10.1 Å². The minimum Gasteiger partial charge on any atom is -0.489 e. The van der Waals surface area contributed by atoms with Gasteiger partial charge in [0.1, 0.15) is 24.7 Å². The van der Waals surface area contributed by atoms with Crippen molar-refractivity contribution in [3.8, 4) is 11.5 Å². The van der Waals surface area contributed by atoms with Gasteiger partial charge in [0, 0.05) is 39.2 Å². The van der Waals surface area contributed by atoms with Crippen molar-refractivity contribution in [3.63, 3.8) is 0 Å². The quantitative estimate of drug-likeness (QED) is 0.387. The number of amides is 1. The Morgan fingerprint density at radius 1 is 0.914 bits per heavy atom. The standard InChI is InChI=1S/C26H21Cl2NO6/c27-21-7-3-1-5-16(21)14-33-19-11-18(25(30)29-24-10-9-23(35-24)26(31)32)12-20(13-19)34-15-17-6-2-4-8-22(17)28/h1-8,10-13,23H,9,14-15H2,(H,29,30)(H,31,32). The van der Waals surface area contributed by atoms with Gasteiger partial charge in [-0.25, -0.2) is 4.79 Å². The van der Waals surface area contributed by atoms with E-state index in [9.17, 15) is 9.59 Å². The van der Waals surface area contributed by atoms with Gasteiger partial charge in [0.25, 0.3) is 5.91 Å². The molecule has 4 rings (SSSR count). The number of hydrogen-bond donors (Lipinski definition) is 2. The molecular weight excluding hydrogens is 493 g/mol. The summed E-state index contributed by atoms with van der Waals surface area (Å²) in [5.41, 5.74) is 1.80. The van der Waals surface area contributed by atoms with Crippen LogP contribution in [0.1, 0.15) is 27.9 Å². The zero-order chi connectivity index (χ0) is 24.8. The Kier molecular flexibility index (Phi) is 7.80. The Hall–Kier alpha value is -3.68. The molecule has 7 nitrogen and oxygen atoms in total. The number of nitrogens with one attached hydrogen (secondary N) is 1. The maximum atomic E-state index is 12.9. The Morgan fingerprint density at radius 2 is 1.46 bits per heavy atom. The molecule has 1 aliphatic heterocycles. The fraction of sp³-hybridized carbons (Fsp3) is 0.154. The molecule has 0 aromatic heterocycles. The number of carboxylic acids is 1. The van der Waals surface area contributed by atoms with Crippen LogP contribution in [0.4, 0.5) is 0 Å². The normalized spacial score (nSPS) is 14.6. The Balaban J connectivity index is 1.53. The maximum absolute atomic E-state index is 12.9. The number of rotatable bonds is 9. The molecule has 0 saturated carbocycles. The second-order valence-corrected chi connectivity index (χ2v) is 8.47. The molecule has 1 unspecified atom stereocenters. The van der Waals surface area contributed by atoms with E-state index in [2.05, 4.69) is 5.32 Å². The van der Waals surface area contributed by atoms with Gasteiger partial charge in [-0.2, -0.15) is 0 Å². The number of aliphatic carboxylic acids is 1. The molecule has 0 aliphatic carbocycles. The van der Waals surface area contributed by atoms with Gasteiger partial charge in [-0.05, 0) is 30.3 Å². The number of ether oxygens (including phenoxy) is 3. The molecule has 0 saturated heterocycles. The number of carbonyl (C=O) groups excluding carboxylic acids is 1. The molecule has 3 aromatic carbocycles. The van der Waals surface area contributed by atoms with Gasteiger partial charge in [0.15, 0.2) is 5.88 Å². The van der Waals surface area contributed by atoms with Crippen molar-refractivity contribution in [1.82, 2.24) is 5.32 Å². The largest absolute Gasteiger partial charge is 0.489 e. The summed E-state index contributed by atoms with van der Waals surface area (Å²) in [6.45, 7) is 0.368. The Morgan fingerprint density at radius 3 is 1.94 bits per heavy atom. The summed E-state index contributed by atoms with van der Waals surface area (Å²) in [5.74, 6) is -0.750. The highest BCUT2D eigenvalue weighted by molar-refractivity contribution is 6.31. The lowest BCUT2D eigenvalue weighted by Crippen LogP contribution is -2.26. The summed E-state index contributed by atoms with van der Waals surface area (Å²) < 4.78 is 17.1. The molecule has 0 spiro atoms. The smallest absolute Gasteiger partial charge is 0.345 e. The molecule has 1 heterocycles. The predicted molar refractivity (Wildman–Crippen MR) is 131 cm³/mol. The average molecular weight is 514 g/mol. The van der Waals surface area contributed by atoms with Gasteiger partial charge in [-0.15, -0.1) is 0 Å². The fourth-order valence-electron chi connectivity index (χ4n) is 3.30. The fourth-order valence-corrected chi connectivity index (χ4v) is 3.68. The van der Waals surface area contributed by atoms with E-state index >= 15 is 0 Å². The van der Waals surface area contributed by atoms with Crippen LogP contribution in [0.2, 0.25) is 10.0 Å². The zero-order valence-corrected chi connectivity index (χ0v) is 19.9. The first-order valence-electron chi connectivity index (χ1n) is 10.7. The van der Waals surface area contributed by atoms with E-state index in [4.69, 9.17) is 42.5 Å². The van der Waals surface area contributed by atoms with E-state index in [0.29, 0.717) is 21.5 Å². The molecule has 0 radical (unpaired) electrons. The second-order valence-electron chi connectivity index (χ2n) is 7.66. The highest BCUT2D eigenvalue weighted by Gasteiger charge is 2.26. The molecule has 180 valence electrons. The molecule has 1 amide bonds. The van der Waals surface area contributed by atoms with E-state index in [-0.39, 0.29) is 31.1 Å². The molecule has 1 aliphatic rings. The van der Waals surface area contributed by atoms with Gasteiger partial charge < -0.3 is 19.3 Å². The molecule has 2 N–H and O–H groups in total. The van der Waals surface area contributed by atoms with Crippen LogP contribution in [0.5, 0.6) is 11.5 Å². The summed E-state index contributed by atoms with van der Waals surface area (Å²) >= 11 is 12.4. The zero-order valence-electron chi connectivity index (χ0n) is 18.4. The first kappa shape index (κ1) is 24.4. The molecule has 0 bridgehead atoms. The van der Waals surface area contributed by atoms with Crippen molar-refractivity contribution in [3.05, 3.63) is 105 Å². The van der Waals surface area contributed by atoms with Crippen LogP contribution in [0.3, 0.4) is 0 Å². The van der Waals surface area contributed by atoms with Crippen LogP contribution in [0.25, 0.3) is 0 Å². The number of benzene rings is 3. The molecule has 3 aromatic rings. The van der Waals surface area contributed by atoms with Gasteiger partial charge in [-0.1, -0.05) is 59.6 Å². The summed E-state index contributed by atoms with van der Waals surface area (Å²) in [5, 5.41) is 12.8. The van der Waals surface area contributed by atoms with Gasteiger partial charge in [0.05, 0.1) is 0 Å². The van der Waals surface area contributed by atoms with E-state index in [1.54, 1.807) is 30.3 Å². The Labute approximate surface area is 211 Å². The monoisotopic (exact) mass is 513 g/mol. The van der Waals surface area contributed by atoms with Crippen LogP contribution >= 0.6 is 23.2 Å². The van der Waals surface area contributed by atoms with Gasteiger partial charge >= 0.3 is 5.97 Å². The molecule has 35 heavy (non-hydrogen) atoms. The summed E-state index contributed by atoms with van der Waals surface area (Å²) in [6, 6.07) is 19.3. The third kappa shape index (κ3) is 6.47. The van der Waals surface area contributed by atoms with Crippen LogP contribution in [-0.4, -0.2) is 23.1 Å². The topological polar surface area (TPSA) is 94.1 Å². The molecule has 0 fully saturated rings. The number of carboxylic acid groups (broad SMARTS) is 1. The van der Waals surface area contributed by atoms with Crippen LogP contribution in [-0.2, 0) is 22.7 Å². The summed E-state index contributed by atoms with van der Waals surface area (Å²) in [7, 11) is 0. The average Bonchev–Trinajstić information content (AvgIpc) is 3.32. The second kappa shape index (κ2) is 11.2. The third-order valence-corrected chi connectivity index (χ3v) is 5.88. The first-order chi connectivity index (χ1) is 16.9. The number of carbonyl (C=O) groups is 2. The van der Waals surface area contributed by atoms with Crippen LogP contribution in [0, 0.1) is 0 Å². The van der Waals surface area contributed by atoms with E-state index in [0.717, 1.165) is 11.1 Å². The van der Waals surface area contributed by atoms with Crippen molar-refractivity contribution in [1.29, 1.82) is 0 Å². The lowest BCUT2D eigenvalue weighted by atomic mass is 10.1. The van der Waals surface area contributed by atoms with E-state index < -0.39 is 18.0 Å². The van der Waals surface area contributed by atoms with Crippen molar-refractivity contribution in [2.45, 2.75) is 25.7 Å². The number of halogens is 2. The Bertz CT molecular complexity index is 1210. The first-order valence-corrected chi connectivity index (χ1v) is 11.4. The molecular formula is C26H21Cl2NO6. The van der Waals surface area contributed by atoms with E-state index in [1.807, 2.05) is 36.4 Å². The van der Waals surface area contributed by atoms with Crippen LogP contribution < -0.4 is 14.8 Å². The van der Waals surface area contributed by atoms with Crippen molar-refractivity contribution >= 4 is 35.1 Å². The minimum absolute atomic E-state index is 0.0864. The van der Waals surface area contributed by atoms with Crippen molar-refractivity contribution in [2.75, 3.05) is 0 Å². The lowest BCUT2D eigenvalue weighted by Gasteiger charge is -2.14. The van der Waals surface area contributed by atoms with Crippen LogP contribution in [0.15, 0.2) is 78.7 Å². The molecule has 9 heteroatoms.